The zero-order valence-corrected chi connectivity index (χ0v) is 17.1. The Morgan fingerprint density at radius 3 is 2.34 bits per heavy atom. The summed E-state index contributed by atoms with van der Waals surface area (Å²) in [6.07, 6.45) is 0.749. The third-order valence-electron chi connectivity index (χ3n) is 5.81. The lowest BCUT2D eigenvalue weighted by Crippen LogP contribution is -2.61. The highest BCUT2D eigenvalue weighted by Gasteiger charge is 2.64. The number of hydrogen-bond donors (Lipinski definition) is 0. The van der Waals surface area contributed by atoms with E-state index in [0.29, 0.717) is 11.9 Å². The Morgan fingerprint density at radius 1 is 1.24 bits per heavy atom. The third-order valence-corrected chi connectivity index (χ3v) is 5.81. The van der Waals surface area contributed by atoms with Crippen molar-refractivity contribution in [3.05, 3.63) is 48.6 Å². The molecule has 1 aliphatic heterocycles. The van der Waals surface area contributed by atoms with Crippen molar-refractivity contribution in [2.45, 2.75) is 46.0 Å². The van der Waals surface area contributed by atoms with Crippen molar-refractivity contribution in [3.63, 3.8) is 0 Å². The van der Waals surface area contributed by atoms with Crippen molar-refractivity contribution in [2.24, 2.45) is 17.3 Å². The van der Waals surface area contributed by atoms with Gasteiger partial charge in [-0.1, -0.05) is 32.2 Å². The SMILES string of the molecule is C=C[C@]1(C)[C@H](OC(=O)/C(C)=C\C)[C@@H]2OC(=O)C(=C)[C@H]2[C@@H](OC(C)=O)[C@H]1C(=C)C=O. The highest BCUT2D eigenvalue weighted by molar-refractivity contribution is 5.92. The first-order valence-electron chi connectivity index (χ1n) is 9.21. The minimum Gasteiger partial charge on any atom is -0.461 e. The molecule has 1 aliphatic carbocycles. The van der Waals surface area contributed by atoms with Crippen LogP contribution in [0.4, 0.5) is 0 Å². The van der Waals surface area contributed by atoms with Crippen LogP contribution in [0.2, 0.25) is 0 Å². The van der Waals surface area contributed by atoms with E-state index in [0.717, 1.165) is 0 Å². The van der Waals surface area contributed by atoms with Crippen LogP contribution in [0, 0.1) is 17.3 Å². The first kappa shape index (κ1) is 22.3. The van der Waals surface area contributed by atoms with Gasteiger partial charge in [-0.3, -0.25) is 9.59 Å². The molecule has 2 aliphatic rings. The first-order valence-corrected chi connectivity index (χ1v) is 9.21. The summed E-state index contributed by atoms with van der Waals surface area (Å²) in [6, 6.07) is 0. The van der Waals surface area contributed by atoms with Crippen molar-refractivity contribution in [1.29, 1.82) is 0 Å². The van der Waals surface area contributed by atoms with Crippen molar-refractivity contribution in [2.75, 3.05) is 0 Å². The van der Waals surface area contributed by atoms with Gasteiger partial charge in [-0.2, -0.15) is 0 Å². The molecule has 0 aromatic rings. The number of ether oxygens (including phenoxy) is 3. The second kappa shape index (κ2) is 8.19. The predicted molar refractivity (Wildman–Crippen MR) is 104 cm³/mol. The molecule has 1 saturated carbocycles. The Labute approximate surface area is 170 Å². The molecule has 0 spiro atoms. The van der Waals surface area contributed by atoms with Gasteiger partial charge in [0.15, 0.2) is 6.10 Å². The lowest BCUT2D eigenvalue weighted by molar-refractivity contribution is -0.197. The molecule has 0 bridgehead atoms. The number of fused-ring (bicyclic) bond motifs is 1. The Bertz CT molecular complexity index is 821. The van der Waals surface area contributed by atoms with Crippen LogP contribution in [0.3, 0.4) is 0 Å². The predicted octanol–water partition coefficient (Wildman–Crippen LogP) is 2.47. The molecule has 1 heterocycles. The maximum Gasteiger partial charge on any atom is 0.334 e. The summed E-state index contributed by atoms with van der Waals surface area (Å²) in [5.74, 6) is -3.48. The van der Waals surface area contributed by atoms with Crippen molar-refractivity contribution in [1.82, 2.24) is 0 Å². The average Bonchev–Trinajstić information content (AvgIpc) is 2.97. The highest BCUT2D eigenvalue weighted by atomic mass is 16.6. The van der Waals surface area contributed by atoms with Crippen LogP contribution in [0.25, 0.3) is 0 Å². The highest BCUT2D eigenvalue weighted by Crippen LogP contribution is 2.54. The molecule has 0 amide bonds. The average molecular weight is 402 g/mol. The van der Waals surface area contributed by atoms with Crippen LogP contribution in [-0.2, 0) is 33.4 Å². The molecule has 7 nitrogen and oxygen atoms in total. The van der Waals surface area contributed by atoms with E-state index in [9.17, 15) is 19.2 Å². The van der Waals surface area contributed by atoms with Gasteiger partial charge in [0.1, 0.15) is 18.5 Å². The number of hydrogen-bond acceptors (Lipinski definition) is 7. The van der Waals surface area contributed by atoms with E-state index in [1.54, 1.807) is 26.8 Å². The largest absolute Gasteiger partial charge is 0.461 e. The molecule has 0 aromatic carbocycles. The molecule has 0 radical (unpaired) electrons. The van der Waals surface area contributed by atoms with Crippen LogP contribution in [-0.4, -0.2) is 42.5 Å². The number of carbonyl (C=O) groups excluding carboxylic acids is 4. The van der Waals surface area contributed by atoms with Gasteiger partial charge in [-0.15, -0.1) is 6.58 Å². The summed E-state index contributed by atoms with van der Waals surface area (Å²) in [4.78, 5) is 48.3. The molecule has 1 saturated heterocycles. The summed E-state index contributed by atoms with van der Waals surface area (Å²) < 4.78 is 16.8. The fourth-order valence-electron chi connectivity index (χ4n) is 4.11. The number of esters is 3. The van der Waals surface area contributed by atoms with Crippen LogP contribution in [0.5, 0.6) is 0 Å². The van der Waals surface area contributed by atoms with E-state index in [1.165, 1.54) is 13.0 Å². The standard InChI is InChI=1S/C22H26O7/c1-8-11(3)20(25)29-19-18-15(13(5)21(26)28-18)17(27-14(6)24)16(12(4)10-23)22(19,7)9-2/h8-10,15-19H,2,4-5H2,1,3,6-7H3/b11-8-/t15-,16+,17+,18+,19+,22-/m0/s1. The molecule has 7 heteroatoms. The summed E-state index contributed by atoms with van der Waals surface area (Å²) >= 11 is 0. The molecule has 0 N–H and O–H groups in total. The van der Waals surface area contributed by atoms with Gasteiger partial charge in [0.05, 0.1) is 5.92 Å². The smallest absolute Gasteiger partial charge is 0.334 e. The van der Waals surface area contributed by atoms with Crippen LogP contribution < -0.4 is 0 Å². The molecule has 2 fully saturated rings. The van der Waals surface area contributed by atoms with Crippen molar-refractivity contribution < 1.29 is 33.4 Å². The van der Waals surface area contributed by atoms with E-state index < -0.39 is 53.5 Å². The van der Waals surface area contributed by atoms with E-state index in [-0.39, 0.29) is 11.1 Å². The van der Waals surface area contributed by atoms with E-state index in [1.807, 2.05) is 0 Å². The second-order valence-corrected chi connectivity index (χ2v) is 7.53. The minimum absolute atomic E-state index is 0.0832. The second-order valence-electron chi connectivity index (χ2n) is 7.53. The summed E-state index contributed by atoms with van der Waals surface area (Å²) in [5, 5.41) is 0. The van der Waals surface area contributed by atoms with Gasteiger partial charge < -0.3 is 14.2 Å². The van der Waals surface area contributed by atoms with Crippen LogP contribution >= 0.6 is 0 Å². The lowest BCUT2D eigenvalue weighted by Gasteiger charge is -2.52. The summed E-state index contributed by atoms with van der Waals surface area (Å²) in [5.41, 5.74) is -0.551. The van der Waals surface area contributed by atoms with Crippen LogP contribution in [0.15, 0.2) is 48.6 Å². The number of allylic oxidation sites excluding steroid dienone is 1. The molecule has 6 atom stereocenters. The molecule has 29 heavy (non-hydrogen) atoms. The molecule has 2 rings (SSSR count). The molecule has 0 aromatic heterocycles. The fraction of sp³-hybridized carbons (Fsp3) is 0.455. The maximum absolute atomic E-state index is 12.5. The van der Waals surface area contributed by atoms with Crippen molar-refractivity contribution >= 4 is 24.2 Å². The Hall–Kier alpha value is -2.96. The third kappa shape index (κ3) is 3.69. The molecule has 156 valence electrons. The van der Waals surface area contributed by atoms with E-state index in [2.05, 4.69) is 19.7 Å². The number of rotatable bonds is 6. The van der Waals surface area contributed by atoms with Gasteiger partial charge in [0, 0.05) is 29.4 Å². The van der Waals surface area contributed by atoms with Gasteiger partial charge in [-0.05, 0) is 19.4 Å². The number of aldehydes is 1. The maximum atomic E-state index is 12.5. The normalized spacial score (nSPS) is 33.9. The van der Waals surface area contributed by atoms with Gasteiger partial charge in [0.25, 0.3) is 0 Å². The Balaban J connectivity index is 2.68. The molecular weight excluding hydrogens is 376 g/mol. The van der Waals surface area contributed by atoms with E-state index >= 15 is 0 Å². The Kier molecular flexibility index (Phi) is 6.30. The lowest BCUT2D eigenvalue weighted by atomic mass is 9.57. The summed E-state index contributed by atoms with van der Waals surface area (Å²) in [7, 11) is 0. The molecular formula is C22H26O7. The number of carbonyl (C=O) groups is 4. The van der Waals surface area contributed by atoms with Gasteiger partial charge in [-0.25, -0.2) is 9.59 Å². The quantitative estimate of drug-likeness (QED) is 0.221. The first-order chi connectivity index (χ1) is 13.5. The zero-order valence-electron chi connectivity index (χ0n) is 17.1. The fourth-order valence-corrected chi connectivity index (χ4v) is 4.11. The zero-order chi connectivity index (χ0) is 22.1. The van der Waals surface area contributed by atoms with Crippen LogP contribution in [0.1, 0.15) is 27.7 Å². The van der Waals surface area contributed by atoms with Gasteiger partial charge >= 0.3 is 17.9 Å². The van der Waals surface area contributed by atoms with Crippen molar-refractivity contribution in [3.8, 4) is 0 Å². The summed E-state index contributed by atoms with van der Waals surface area (Å²) in [6.45, 7) is 17.6. The monoisotopic (exact) mass is 402 g/mol. The minimum atomic E-state index is -1.12. The van der Waals surface area contributed by atoms with E-state index in [4.69, 9.17) is 14.2 Å². The van der Waals surface area contributed by atoms with Gasteiger partial charge in [0.2, 0.25) is 0 Å². The molecule has 0 unspecified atom stereocenters. The Morgan fingerprint density at radius 2 is 1.86 bits per heavy atom. The topological polar surface area (TPSA) is 96.0 Å².